The zero-order valence-corrected chi connectivity index (χ0v) is 11.4. The molecule has 0 spiro atoms. The molecule has 2 rings (SSSR count). The van der Waals surface area contributed by atoms with Crippen LogP contribution in [0.15, 0.2) is 34.0 Å². The average Bonchev–Trinajstić information content (AvgIpc) is 2.91. The van der Waals surface area contributed by atoms with Gasteiger partial charge in [0, 0.05) is 32.1 Å². The lowest BCUT2D eigenvalue weighted by atomic mass is 10.3. The van der Waals surface area contributed by atoms with Gasteiger partial charge in [0.25, 0.3) is 5.91 Å². The number of hydrazone groups is 1. The summed E-state index contributed by atoms with van der Waals surface area (Å²) in [7, 11) is 3.46. The van der Waals surface area contributed by atoms with Crippen molar-refractivity contribution >= 4 is 18.0 Å². The molecule has 0 aliphatic carbocycles. The van der Waals surface area contributed by atoms with E-state index in [9.17, 15) is 4.79 Å². The summed E-state index contributed by atoms with van der Waals surface area (Å²) < 4.78 is 5.34. The number of anilines is 1. The normalized spacial score (nSPS) is 10.3. The predicted octanol–water partition coefficient (Wildman–Crippen LogP) is 0.771. The number of nitrogens with zero attached hydrogens (tertiary/aromatic N) is 5. The molecule has 0 fully saturated rings. The molecule has 8 heteroatoms. The number of carbonyl (C=O) groups is 1. The van der Waals surface area contributed by atoms with Crippen LogP contribution in [0.2, 0.25) is 0 Å². The van der Waals surface area contributed by atoms with Gasteiger partial charge in [-0.3, -0.25) is 9.78 Å². The first-order valence-corrected chi connectivity index (χ1v) is 5.93. The maximum atomic E-state index is 11.7. The summed E-state index contributed by atoms with van der Waals surface area (Å²) in [5, 5.41) is 12.7. The van der Waals surface area contributed by atoms with Crippen LogP contribution in [0.1, 0.15) is 21.9 Å². The van der Waals surface area contributed by atoms with Gasteiger partial charge in [0.2, 0.25) is 17.5 Å². The molecule has 0 aromatic carbocycles. The van der Waals surface area contributed by atoms with E-state index >= 15 is 0 Å². The number of amides is 1. The maximum absolute atomic E-state index is 11.7. The number of carbonyl (C=O) groups excluding carboxylic acids is 1. The van der Waals surface area contributed by atoms with Crippen molar-refractivity contribution in [2.24, 2.45) is 5.10 Å². The predicted molar refractivity (Wildman–Crippen MR) is 74.8 cm³/mol. The zero-order chi connectivity index (χ0) is 15.2. The number of pyridine rings is 1. The quantitative estimate of drug-likeness (QED) is 0.656. The van der Waals surface area contributed by atoms with Gasteiger partial charge < -0.3 is 9.32 Å². The topological polar surface area (TPSA) is 107 Å². The summed E-state index contributed by atoms with van der Waals surface area (Å²) >= 11 is 0. The fraction of sp³-hybridized carbons (Fsp3) is 0.154. The molecule has 2 aromatic heterocycles. The summed E-state index contributed by atoms with van der Waals surface area (Å²) in [4.78, 5) is 21.1. The average molecular weight is 284 g/mol. The molecular weight excluding hydrogens is 272 g/mol. The number of aromatic nitrogens is 2. The van der Waals surface area contributed by atoms with Crippen molar-refractivity contribution in [3.05, 3.63) is 41.7 Å². The molecule has 21 heavy (non-hydrogen) atoms. The molecule has 0 aliphatic rings. The van der Waals surface area contributed by atoms with E-state index in [4.69, 9.17) is 9.68 Å². The maximum Gasteiger partial charge on any atom is 0.271 e. The van der Waals surface area contributed by atoms with Crippen LogP contribution in [0, 0.1) is 11.3 Å². The molecule has 2 heterocycles. The lowest BCUT2D eigenvalue weighted by Crippen LogP contribution is -2.17. The van der Waals surface area contributed by atoms with Crippen LogP contribution < -0.4 is 10.3 Å². The fourth-order valence-corrected chi connectivity index (χ4v) is 1.47. The molecule has 8 nitrogen and oxygen atoms in total. The largest absolute Gasteiger partial charge is 0.418 e. The molecule has 106 valence electrons. The van der Waals surface area contributed by atoms with Gasteiger partial charge in [-0.25, -0.2) is 5.43 Å². The molecule has 0 atom stereocenters. The smallest absolute Gasteiger partial charge is 0.271 e. The summed E-state index contributed by atoms with van der Waals surface area (Å²) in [5.74, 6) is 0.0817. The van der Waals surface area contributed by atoms with Crippen molar-refractivity contribution in [1.29, 1.82) is 5.26 Å². The second kappa shape index (κ2) is 6.29. The molecule has 0 saturated heterocycles. The Morgan fingerprint density at radius 3 is 2.76 bits per heavy atom. The highest BCUT2D eigenvalue weighted by molar-refractivity contribution is 5.94. The number of hydrogen-bond donors (Lipinski definition) is 1. The highest BCUT2D eigenvalue weighted by Gasteiger charge is 2.13. The van der Waals surface area contributed by atoms with Crippen molar-refractivity contribution in [1.82, 2.24) is 15.4 Å². The Balaban J connectivity index is 2.05. The molecule has 0 radical (unpaired) electrons. The van der Waals surface area contributed by atoms with Crippen LogP contribution in [0.5, 0.6) is 0 Å². The molecule has 1 amide bonds. The first-order chi connectivity index (χ1) is 10.1. The summed E-state index contributed by atoms with van der Waals surface area (Å²) in [6.45, 7) is 0. The molecule has 1 N–H and O–H groups in total. The third kappa shape index (κ3) is 3.42. The second-order valence-electron chi connectivity index (χ2n) is 4.15. The van der Waals surface area contributed by atoms with Crippen LogP contribution in [-0.4, -0.2) is 36.2 Å². The lowest BCUT2D eigenvalue weighted by Gasteiger charge is -2.05. The van der Waals surface area contributed by atoms with E-state index in [0.29, 0.717) is 11.4 Å². The fourth-order valence-electron chi connectivity index (χ4n) is 1.47. The minimum atomic E-state index is -0.381. The van der Waals surface area contributed by atoms with E-state index in [0.717, 1.165) is 0 Å². The summed E-state index contributed by atoms with van der Waals surface area (Å²) in [5.41, 5.74) is 2.92. The number of hydrogen-bond acceptors (Lipinski definition) is 7. The van der Waals surface area contributed by atoms with Gasteiger partial charge in [-0.2, -0.15) is 15.3 Å². The Labute approximate surface area is 120 Å². The second-order valence-corrected chi connectivity index (χ2v) is 4.15. The monoisotopic (exact) mass is 284 g/mol. The van der Waals surface area contributed by atoms with Crippen LogP contribution in [-0.2, 0) is 0 Å². The van der Waals surface area contributed by atoms with Crippen LogP contribution in [0.4, 0.5) is 5.88 Å². The van der Waals surface area contributed by atoms with E-state index in [1.807, 2.05) is 6.07 Å². The number of rotatable bonds is 4. The Hall–Kier alpha value is -3.21. The van der Waals surface area contributed by atoms with Crippen LogP contribution in [0.3, 0.4) is 0 Å². The number of nitriles is 1. The molecule has 0 unspecified atom stereocenters. The first kappa shape index (κ1) is 14.2. The Kier molecular flexibility index (Phi) is 4.26. The third-order valence-corrected chi connectivity index (χ3v) is 2.42. The van der Waals surface area contributed by atoms with Crippen molar-refractivity contribution < 1.29 is 9.21 Å². The molecule has 2 aromatic rings. The van der Waals surface area contributed by atoms with Crippen molar-refractivity contribution in [3.63, 3.8) is 0 Å². The molecule has 0 bridgehead atoms. The van der Waals surface area contributed by atoms with Crippen molar-refractivity contribution in [2.45, 2.75) is 0 Å². The van der Waals surface area contributed by atoms with Gasteiger partial charge in [0.15, 0.2) is 0 Å². The van der Waals surface area contributed by atoms with Gasteiger partial charge in [-0.15, -0.1) is 0 Å². The standard InChI is InChI=1S/C13H12N6O2/c1-19(2)13-10(7-14)17-11(21-13)8-16-18-12(20)9-3-5-15-6-4-9/h3-6,8H,1-2H3,(H,18,20)/b16-8+. The van der Waals surface area contributed by atoms with Gasteiger partial charge in [0.1, 0.15) is 12.3 Å². The van der Waals surface area contributed by atoms with E-state index in [1.54, 1.807) is 31.1 Å². The van der Waals surface area contributed by atoms with E-state index in [2.05, 4.69) is 20.5 Å². The summed E-state index contributed by atoms with van der Waals surface area (Å²) in [6.07, 6.45) is 4.25. The highest BCUT2D eigenvalue weighted by atomic mass is 16.4. The van der Waals surface area contributed by atoms with E-state index in [1.165, 1.54) is 18.6 Å². The molecule has 0 saturated carbocycles. The van der Waals surface area contributed by atoms with Crippen LogP contribution in [0.25, 0.3) is 0 Å². The lowest BCUT2D eigenvalue weighted by molar-refractivity contribution is 0.0955. The first-order valence-electron chi connectivity index (χ1n) is 5.93. The Morgan fingerprint density at radius 2 is 2.19 bits per heavy atom. The van der Waals surface area contributed by atoms with Crippen LogP contribution >= 0.6 is 0 Å². The molecule has 0 aliphatic heterocycles. The highest BCUT2D eigenvalue weighted by Crippen LogP contribution is 2.17. The SMILES string of the molecule is CN(C)c1oc(/C=N/NC(=O)c2ccncc2)nc1C#N. The van der Waals surface area contributed by atoms with Gasteiger partial charge in [0.05, 0.1) is 0 Å². The number of nitrogens with one attached hydrogen (secondary N) is 1. The van der Waals surface area contributed by atoms with Gasteiger partial charge in [-0.05, 0) is 12.1 Å². The number of oxazole rings is 1. The third-order valence-electron chi connectivity index (χ3n) is 2.42. The minimum Gasteiger partial charge on any atom is -0.418 e. The molecular formula is C13H12N6O2. The minimum absolute atomic E-state index is 0.130. The van der Waals surface area contributed by atoms with Crippen molar-refractivity contribution in [2.75, 3.05) is 19.0 Å². The summed E-state index contributed by atoms with van der Waals surface area (Å²) in [6, 6.07) is 5.05. The van der Waals surface area contributed by atoms with E-state index in [-0.39, 0.29) is 17.5 Å². The van der Waals surface area contributed by atoms with Gasteiger partial charge >= 0.3 is 0 Å². The Morgan fingerprint density at radius 1 is 1.48 bits per heavy atom. The zero-order valence-electron chi connectivity index (χ0n) is 11.4. The van der Waals surface area contributed by atoms with Gasteiger partial charge in [-0.1, -0.05) is 0 Å². The van der Waals surface area contributed by atoms with E-state index < -0.39 is 0 Å². The van der Waals surface area contributed by atoms with Crippen molar-refractivity contribution in [3.8, 4) is 6.07 Å². The Bertz CT molecular complexity index is 699.